The Bertz CT molecular complexity index is 555. The maximum atomic E-state index is 13.3. The van der Waals surface area contributed by atoms with Gasteiger partial charge in [-0.2, -0.15) is 4.31 Å². The number of halogens is 3. The average molecular weight is 267 g/mol. The van der Waals surface area contributed by atoms with Crippen molar-refractivity contribution in [3.05, 3.63) is 29.6 Å². The summed E-state index contributed by atoms with van der Waals surface area (Å²) >= 11 is 0. The maximum Gasteiger partial charge on any atom is 0.246 e. The van der Waals surface area contributed by atoms with E-state index < -0.39 is 38.5 Å². The first kappa shape index (κ1) is 12.3. The Kier molecular flexibility index (Phi) is 2.88. The molecule has 0 aliphatic carbocycles. The molecule has 1 aromatic rings. The first-order valence-corrected chi connectivity index (χ1v) is 6.09. The van der Waals surface area contributed by atoms with Gasteiger partial charge in [-0.25, -0.2) is 21.6 Å². The molecule has 4 nitrogen and oxygen atoms in total. The summed E-state index contributed by atoms with van der Waals surface area (Å²) in [5.74, 6) is -5.02. The van der Waals surface area contributed by atoms with Gasteiger partial charge in [-0.15, -0.1) is 0 Å². The van der Waals surface area contributed by atoms with E-state index in [1.807, 2.05) is 0 Å². The molecule has 0 spiro atoms. The number of benzene rings is 1. The molecule has 0 radical (unpaired) electrons. The topological polar surface area (TPSA) is 57.6 Å². The fraction of sp³-hybridized carbons (Fsp3) is 0.333. The molecule has 0 amide bonds. The van der Waals surface area contributed by atoms with Gasteiger partial charge in [0.1, 0.15) is 4.90 Å². The van der Waals surface area contributed by atoms with Crippen molar-refractivity contribution >= 4 is 10.0 Å². The number of hydrogen-bond donors (Lipinski definition) is 1. The van der Waals surface area contributed by atoms with Gasteiger partial charge < -0.3 is 5.11 Å². The highest BCUT2D eigenvalue weighted by Gasteiger charge is 2.38. The van der Waals surface area contributed by atoms with Crippen LogP contribution in [0.15, 0.2) is 17.0 Å². The van der Waals surface area contributed by atoms with Crippen LogP contribution in [0, 0.1) is 17.5 Å². The maximum absolute atomic E-state index is 13.3. The smallest absolute Gasteiger partial charge is 0.246 e. The second-order valence-corrected chi connectivity index (χ2v) is 5.56. The van der Waals surface area contributed by atoms with Gasteiger partial charge in [-0.05, 0) is 12.1 Å². The van der Waals surface area contributed by atoms with Crippen molar-refractivity contribution in [3.8, 4) is 0 Å². The predicted molar refractivity (Wildman–Crippen MR) is 51.1 cm³/mol. The molecule has 0 unspecified atom stereocenters. The second kappa shape index (κ2) is 3.97. The van der Waals surface area contributed by atoms with E-state index in [-0.39, 0.29) is 13.1 Å². The van der Waals surface area contributed by atoms with Crippen molar-refractivity contribution in [2.75, 3.05) is 13.1 Å². The van der Waals surface area contributed by atoms with E-state index in [1.54, 1.807) is 0 Å². The molecule has 94 valence electrons. The van der Waals surface area contributed by atoms with Crippen molar-refractivity contribution in [3.63, 3.8) is 0 Å². The average Bonchev–Trinajstić information content (AvgIpc) is 2.21. The second-order valence-electron chi connectivity index (χ2n) is 3.65. The van der Waals surface area contributed by atoms with Crippen molar-refractivity contribution in [1.29, 1.82) is 0 Å². The predicted octanol–water partition coefficient (Wildman–Crippen LogP) is 0.469. The SMILES string of the molecule is O=S(=O)(c1ccc(F)c(F)c1F)N1CC(O)C1. The molecule has 17 heavy (non-hydrogen) atoms. The number of hydrogen-bond acceptors (Lipinski definition) is 3. The minimum absolute atomic E-state index is 0.180. The van der Waals surface area contributed by atoms with Crippen LogP contribution >= 0.6 is 0 Å². The standard InChI is InChI=1S/C9H8F3NO3S/c10-6-1-2-7(9(12)8(6)11)17(15,16)13-3-5(14)4-13/h1-2,5,14H,3-4H2. The summed E-state index contributed by atoms with van der Waals surface area (Å²) in [5, 5.41) is 8.96. The molecule has 1 aromatic carbocycles. The van der Waals surface area contributed by atoms with Crippen molar-refractivity contribution < 1.29 is 26.7 Å². The van der Waals surface area contributed by atoms with E-state index >= 15 is 0 Å². The Labute approximate surface area is 95.3 Å². The monoisotopic (exact) mass is 267 g/mol. The van der Waals surface area contributed by atoms with Gasteiger partial charge in [0, 0.05) is 13.1 Å². The number of β-amino-alcohol motifs (C(OH)–C–C–N with tert-alkyl or cyclic N) is 1. The zero-order valence-corrected chi connectivity index (χ0v) is 9.22. The van der Waals surface area contributed by atoms with Crippen molar-refractivity contribution in [2.24, 2.45) is 0 Å². The molecule has 1 aliphatic heterocycles. The molecular weight excluding hydrogens is 259 g/mol. The van der Waals surface area contributed by atoms with Crippen LogP contribution in [0.2, 0.25) is 0 Å². The lowest BCUT2D eigenvalue weighted by Gasteiger charge is -2.34. The Morgan fingerprint density at radius 1 is 1.18 bits per heavy atom. The zero-order valence-electron chi connectivity index (χ0n) is 8.40. The lowest BCUT2D eigenvalue weighted by molar-refractivity contribution is 0.0546. The van der Waals surface area contributed by atoms with Gasteiger partial charge in [-0.3, -0.25) is 0 Å². The van der Waals surface area contributed by atoms with Crippen LogP contribution in [-0.2, 0) is 10.0 Å². The van der Waals surface area contributed by atoms with E-state index in [2.05, 4.69) is 0 Å². The highest BCUT2D eigenvalue weighted by Crippen LogP contribution is 2.25. The third-order valence-corrected chi connectivity index (χ3v) is 4.30. The molecule has 2 rings (SSSR count). The van der Waals surface area contributed by atoms with E-state index in [0.717, 1.165) is 4.31 Å². The van der Waals surface area contributed by atoms with E-state index in [1.165, 1.54) is 0 Å². The minimum Gasteiger partial charge on any atom is -0.390 e. The minimum atomic E-state index is -4.21. The van der Waals surface area contributed by atoms with E-state index in [4.69, 9.17) is 5.11 Å². The Hall–Kier alpha value is -1.12. The van der Waals surface area contributed by atoms with E-state index in [9.17, 15) is 21.6 Å². The quantitative estimate of drug-likeness (QED) is 0.792. The lowest BCUT2D eigenvalue weighted by Crippen LogP contribution is -2.53. The molecule has 1 N–H and O–H groups in total. The van der Waals surface area contributed by atoms with Crippen molar-refractivity contribution in [1.82, 2.24) is 4.31 Å². The summed E-state index contributed by atoms with van der Waals surface area (Å²) in [5.41, 5.74) is 0. The highest BCUT2D eigenvalue weighted by molar-refractivity contribution is 7.89. The molecule has 0 aromatic heterocycles. The van der Waals surface area contributed by atoms with Gasteiger partial charge in [0.25, 0.3) is 0 Å². The Morgan fingerprint density at radius 3 is 2.29 bits per heavy atom. The molecule has 1 aliphatic rings. The first-order valence-electron chi connectivity index (χ1n) is 4.65. The first-order chi connectivity index (χ1) is 7.84. The summed E-state index contributed by atoms with van der Waals surface area (Å²) < 4.78 is 63.1. The van der Waals surface area contributed by atoms with Crippen LogP contribution < -0.4 is 0 Å². The van der Waals surface area contributed by atoms with Crippen LogP contribution in [0.4, 0.5) is 13.2 Å². The van der Waals surface area contributed by atoms with Crippen LogP contribution in [-0.4, -0.2) is 37.0 Å². The lowest BCUT2D eigenvalue weighted by atomic mass is 10.2. The third-order valence-electron chi connectivity index (χ3n) is 2.45. The molecule has 1 saturated heterocycles. The van der Waals surface area contributed by atoms with Gasteiger partial charge in [0.2, 0.25) is 10.0 Å². The third kappa shape index (κ3) is 1.92. The van der Waals surface area contributed by atoms with Crippen LogP contribution in [0.1, 0.15) is 0 Å². The number of rotatable bonds is 2. The van der Waals surface area contributed by atoms with Crippen LogP contribution in [0.5, 0.6) is 0 Å². The fourth-order valence-corrected chi connectivity index (χ4v) is 3.03. The number of sulfonamides is 1. The van der Waals surface area contributed by atoms with Crippen molar-refractivity contribution in [2.45, 2.75) is 11.0 Å². The van der Waals surface area contributed by atoms with Gasteiger partial charge in [0.15, 0.2) is 17.5 Å². The molecule has 0 atom stereocenters. The van der Waals surface area contributed by atoms with Crippen LogP contribution in [0.25, 0.3) is 0 Å². The molecule has 1 heterocycles. The number of aliphatic hydroxyl groups excluding tert-OH is 1. The van der Waals surface area contributed by atoms with E-state index in [0.29, 0.717) is 12.1 Å². The largest absolute Gasteiger partial charge is 0.390 e. The zero-order chi connectivity index (χ0) is 12.8. The summed E-state index contributed by atoms with van der Waals surface area (Å²) in [6.07, 6.45) is -0.807. The van der Waals surface area contributed by atoms with Gasteiger partial charge in [0.05, 0.1) is 6.10 Å². The summed E-state index contributed by atoms with van der Waals surface area (Å²) in [7, 11) is -4.21. The molecular formula is C9H8F3NO3S. The van der Waals surface area contributed by atoms with Gasteiger partial charge in [-0.1, -0.05) is 0 Å². The highest BCUT2D eigenvalue weighted by atomic mass is 32.2. The molecule has 0 bridgehead atoms. The Balaban J connectivity index is 2.44. The fourth-order valence-electron chi connectivity index (χ4n) is 1.46. The Morgan fingerprint density at radius 2 is 1.76 bits per heavy atom. The number of nitrogens with zero attached hydrogens (tertiary/aromatic N) is 1. The molecule has 8 heteroatoms. The molecule has 1 fully saturated rings. The van der Waals surface area contributed by atoms with Gasteiger partial charge >= 0.3 is 0 Å². The summed E-state index contributed by atoms with van der Waals surface area (Å²) in [4.78, 5) is -0.928. The normalized spacial score (nSPS) is 18.1. The summed E-state index contributed by atoms with van der Waals surface area (Å²) in [6.45, 7) is -0.360. The molecule has 0 saturated carbocycles. The summed E-state index contributed by atoms with van der Waals surface area (Å²) in [6, 6.07) is 1.20. The number of aliphatic hydroxyl groups is 1. The van der Waals surface area contributed by atoms with Crippen LogP contribution in [0.3, 0.4) is 0 Å².